The summed E-state index contributed by atoms with van der Waals surface area (Å²) in [7, 11) is 5.83. The molecule has 17 heavy (non-hydrogen) atoms. The van der Waals surface area contributed by atoms with Crippen molar-refractivity contribution in [2.24, 2.45) is 0 Å². The van der Waals surface area contributed by atoms with E-state index in [-0.39, 0.29) is 18.9 Å². The second kappa shape index (κ2) is 8.15. The van der Waals surface area contributed by atoms with E-state index < -0.39 is 6.23 Å². The zero-order chi connectivity index (χ0) is 12.1. The van der Waals surface area contributed by atoms with E-state index in [0.717, 1.165) is 18.7 Å². The zero-order valence-corrected chi connectivity index (χ0v) is 11.7. The molecule has 0 saturated carbocycles. The van der Waals surface area contributed by atoms with Gasteiger partial charge in [0.25, 0.3) is 0 Å². The second-order valence-corrected chi connectivity index (χ2v) is 4.62. The first-order chi connectivity index (χ1) is 7.50. The predicted molar refractivity (Wildman–Crippen MR) is 65.4 cm³/mol. The van der Waals surface area contributed by atoms with E-state index in [2.05, 4.69) is 4.90 Å². The van der Waals surface area contributed by atoms with Crippen LogP contribution in [-0.2, 0) is 0 Å². The third-order valence-electron chi connectivity index (χ3n) is 2.46. The first-order valence-electron chi connectivity index (χ1n) is 5.27. The quantitative estimate of drug-likeness (QED) is 0.455. The van der Waals surface area contributed by atoms with Crippen LogP contribution < -0.4 is 24.0 Å². The number of benzene rings is 1. The summed E-state index contributed by atoms with van der Waals surface area (Å²) in [4.78, 5) is 3.86. The molecule has 0 amide bonds. The zero-order valence-electron chi connectivity index (χ0n) is 11.0. The molecule has 0 aliphatic heterocycles. The van der Waals surface area contributed by atoms with Crippen molar-refractivity contribution < 1.29 is 24.0 Å². The Morgan fingerprint density at radius 1 is 1.12 bits per heavy atom. The van der Waals surface area contributed by atoms with Crippen LogP contribution in [0.25, 0.3) is 0 Å². The summed E-state index contributed by atoms with van der Waals surface area (Å²) >= 11 is 5.78. The Morgan fingerprint density at radius 2 is 1.65 bits per heavy atom. The van der Waals surface area contributed by atoms with E-state index in [1.807, 2.05) is 21.1 Å². The fourth-order valence-electron chi connectivity index (χ4n) is 1.36. The number of hydrogen-bond donors (Lipinski definition) is 0. The molecular weight excluding hydrogens is 231 g/mol. The third-order valence-corrected chi connectivity index (χ3v) is 2.71. The average Bonchev–Trinajstić information content (AvgIpc) is 2.26. The largest absolute Gasteiger partial charge is 1.00 e. The Bertz CT molecular complexity index is 319. The van der Waals surface area contributed by atoms with Crippen molar-refractivity contribution in [3.63, 3.8) is 0 Å². The molecule has 1 atom stereocenters. The van der Waals surface area contributed by atoms with Gasteiger partial charge < -0.3 is 14.9 Å². The molecule has 0 bridgehead atoms. The van der Waals surface area contributed by atoms with Gasteiger partial charge in [-0.05, 0) is 45.1 Å². The monoisotopic (exact) mass is 248 g/mol. The number of nitrogens with zero attached hydrogens (tertiary/aromatic N) is 2. The fourth-order valence-corrected chi connectivity index (χ4v) is 1.48. The number of halogens is 1. The number of rotatable bonds is 5. The molecule has 0 aliphatic rings. The molecular formula is C12H18ClLiN2O. The van der Waals surface area contributed by atoms with Gasteiger partial charge >= 0.3 is 18.9 Å². The van der Waals surface area contributed by atoms with E-state index in [1.54, 1.807) is 29.2 Å². The van der Waals surface area contributed by atoms with Crippen molar-refractivity contribution in [1.82, 2.24) is 9.80 Å². The molecule has 0 heterocycles. The van der Waals surface area contributed by atoms with Crippen LogP contribution in [0.1, 0.15) is 11.8 Å². The summed E-state index contributed by atoms with van der Waals surface area (Å²) < 4.78 is 0. The van der Waals surface area contributed by atoms with E-state index in [1.165, 1.54) is 0 Å². The van der Waals surface area contributed by atoms with Crippen LogP contribution >= 0.6 is 11.6 Å². The summed E-state index contributed by atoms with van der Waals surface area (Å²) in [6.07, 6.45) is -0.822. The predicted octanol–water partition coefficient (Wildman–Crippen LogP) is -1.80. The van der Waals surface area contributed by atoms with Crippen LogP contribution in [0.5, 0.6) is 0 Å². The van der Waals surface area contributed by atoms with Crippen LogP contribution in [-0.4, -0.2) is 44.0 Å². The normalized spacial score (nSPS) is 12.6. The Kier molecular flexibility index (Phi) is 8.15. The molecule has 1 aromatic carbocycles. The van der Waals surface area contributed by atoms with Gasteiger partial charge in [-0.25, -0.2) is 0 Å². The van der Waals surface area contributed by atoms with Gasteiger partial charge in [-0.1, -0.05) is 23.7 Å². The van der Waals surface area contributed by atoms with Crippen LogP contribution in [0.4, 0.5) is 0 Å². The molecule has 3 nitrogen and oxygen atoms in total. The van der Waals surface area contributed by atoms with Crippen molar-refractivity contribution >= 4 is 11.6 Å². The van der Waals surface area contributed by atoms with Crippen molar-refractivity contribution in [1.29, 1.82) is 0 Å². The van der Waals surface area contributed by atoms with Gasteiger partial charge in [-0.2, -0.15) is 0 Å². The molecule has 0 N–H and O–H groups in total. The Hall–Kier alpha value is -0.0126. The van der Waals surface area contributed by atoms with Gasteiger partial charge in [0.1, 0.15) is 0 Å². The maximum atomic E-state index is 12.0. The van der Waals surface area contributed by atoms with Crippen LogP contribution in [0.3, 0.4) is 0 Å². The molecule has 0 spiro atoms. The first-order valence-corrected chi connectivity index (χ1v) is 5.64. The van der Waals surface area contributed by atoms with Gasteiger partial charge in [-0.15, -0.1) is 0 Å². The molecule has 1 rings (SSSR count). The number of hydrogen-bond acceptors (Lipinski definition) is 3. The fraction of sp³-hybridized carbons (Fsp3) is 0.500. The third kappa shape index (κ3) is 5.92. The molecule has 1 unspecified atom stereocenters. The van der Waals surface area contributed by atoms with Gasteiger partial charge in [0.2, 0.25) is 0 Å². The summed E-state index contributed by atoms with van der Waals surface area (Å²) in [6, 6.07) is 7.07. The SMILES string of the molecule is CN(C)CCN(C)C([O-])c1ccc(Cl)cc1.[Li+]. The maximum Gasteiger partial charge on any atom is 1.00 e. The molecule has 1 aromatic rings. The first kappa shape index (κ1) is 17.0. The minimum atomic E-state index is -0.822. The standard InChI is InChI=1S/C12H18ClN2O.Li/c1-14(2)8-9-15(3)12(16)10-4-6-11(13)7-5-10;/h4-7,12H,8-9H2,1-3H3;/q-1;+1. The van der Waals surface area contributed by atoms with E-state index in [9.17, 15) is 5.11 Å². The topological polar surface area (TPSA) is 29.5 Å². The summed E-state index contributed by atoms with van der Waals surface area (Å²) in [5.74, 6) is 0. The summed E-state index contributed by atoms with van der Waals surface area (Å²) in [5.41, 5.74) is 0.755. The Balaban J connectivity index is 0.00000256. The van der Waals surface area contributed by atoms with Crippen molar-refractivity contribution in [2.45, 2.75) is 6.23 Å². The van der Waals surface area contributed by atoms with Crippen molar-refractivity contribution in [3.05, 3.63) is 34.9 Å². The Morgan fingerprint density at radius 3 is 2.12 bits per heavy atom. The second-order valence-electron chi connectivity index (χ2n) is 4.19. The molecule has 0 radical (unpaired) electrons. The molecule has 0 aliphatic carbocycles. The van der Waals surface area contributed by atoms with Gasteiger partial charge in [0, 0.05) is 18.1 Å². The maximum absolute atomic E-state index is 12.0. The average molecular weight is 249 g/mol. The van der Waals surface area contributed by atoms with E-state index >= 15 is 0 Å². The van der Waals surface area contributed by atoms with Gasteiger partial charge in [-0.3, -0.25) is 0 Å². The minimum absolute atomic E-state index is 0. The molecule has 0 saturated heterocycles. The van der Waals surface area contributed by atoms with E-state index in [0.29, 0.717) is 5.02 Å². The minimum Gasteiger partial charge on any atom is -0.837 e. The molecule has 90 valence electrons. The number of likely N-dealkylation sites (N-methyl/N-ethyl adjacent to an activating group) is 2. The van der Waals surface area contributed by atoms with Gasteiger partial charge in [0.05, 0.1) is 0 Å². The van der Waals surface area contributed by atoms with E-state index in [4.69, 9.17) is 11.6 Å². The smallest absolute Gasteiger partial charge is 0.837 e. The summed E-state index contributed by atoms with van der Waals surface area (Å²) in [6.45, 7) is 1.63. The Labute approximate surface area is 121 Å². The van der Waals surface area contributed by atoms with Crippen LogP contribution in [0, 0.1) is 0 Å². The molecule has 0 fully saturated rings. The van der Waals surface area contributed by atoms with Crippen molar-refractivity contribution in [3.8, 4) is 0 Å². The van der Waals surface area contributed by atoms with Crippen LogP contribution in [0.15, 0.2) is 24.3 Å². The van der Waals surface area contributed by atoms with Crippen LogP contribution in [0.2, 0.25) is 5.02 Å². The van der Waals surface area contributed by atoms with Gasteiger partial charge in [0.15, 0.2) is 0 Å². The molecule has 5 heteroatoms. The van der Waals surface area contributed by atoms with Crippen molar-refractivity contribution in [2.75, 3.05) is 34.2 Å². The molecule has 0 aromatic heterocycles. The summed E-state index contributed by atoms with van der Waals surface area (Å²) in [5, 5.41) is 12.7.